The number of aryl methyl sites for hydroxylation is 2. The summed E-state index contributed by atoms with van der Waals surface area (Å²) in [6.07, 6.45) is 0. The van der Waals surface area contributed by atoms with Gasteiger partial charge >= 0.3 is 0 Å². The molecule has 0 aliphatic rings. The molecule has 0 amide bonds. The molecule has 84 valence electrons. The van der Waals surface area contributed by atoms with E-state index in [0.29, 0.717) is 11.4 Å². The van der Waals surface area contributed by atoms with Crippen LogP contribution in [0.15, 0.2) is 18.2 Å². The lowest BCUT2D eigenvalue weighted by Crippen LogP contribution is -1.92. The van der Waals surface area contributed by atoms with E-state index in [0.717, 1.165) is 16.3 Å². The summed E-state index contributed by atoms with van der Waals surface area (Å²) in [6.45, 7) is 4.08. The lowest BCUT2D eigenvalue weighted by molar-refractivity contribution is 0.417. The summed E-state index contributed by atoms with van der Waals surface area (Å²) in [5, 5.41) is 1.07. The van der Waals surface area contributed by atoms with Crippen LogP contribution < -0.4 is 10.5 Å². The Morgan fingerprint density at radius 1 is 1.31 bits per heavy atom. The molecule has 0 atom stereocenters. The summed E-state index contributed by atoms with van der Waals surface area (Å²) in [6, 6.07) is 5.75. The molecule has 0 radical (unpaired) electrons. The van der Waals surface area contributed by atoms with Crippen LogP contribution >= 0.6 is 11.3 Å². The van der Waals surface area contributed by atoms with Crippen molar-refractivity contribution >= 4 is 17.0 Å². The number of aromatic nitrogens is 1. The van der Waals surface area contributed by atoms with Crippen LogP contribution in [-0.2, 0) is 0 Å². The van der Waals surface area contributed by atoms with E-state index >= 15 is 0 Å². The summed E-state index contributed by atoms with van der Waals surface area (Å²) >= 11 is 1.70. The first-order chi connectivity index (χ1) is 7.61. The van der Waals surface area contributed by atoms with Crippen LogP contribution in [0.3, 0.4) is 0 Å². The van der Waals surface area contributed by atoms with Crippen molar-refractivity contribution in [3.8, 4) is 17.0 Å². The topological polar surface area (TPSA) is 48.1 Å². The Balaban J connectivity index is 2.52. The van der Waals surface area contributed by atoms with Crippen LogP contribution in [0.2, 0.25) is 0 Å². The molecule has 0 aliphatic heterocycles. The number of methoxy groups -OCH3 is 1. The van der Waals surface area contributed by atoms with E-state index in [4.69, 9.17) is 10.5 Å². The molecule has 1 heterocycles. The minimum absolute atomic E-state index is 0.649. The number of benzene rings is 1. The first kappa shape index (κ1) is 11.0. The van der Waals surface area contributed by atoms with Crippen LogP contribution in [0.5, 0.6) is 5.75 Å². The molecule has 3 nitrogen and oxygen atoms in total. The monoisotopic (exact) mass is 234 g/mol. The van der Waals surface area contributed by atoms with E-state index in [1.165, 1.54) is 4.88 Å². The molecule has 0 saturated carbocycles. The Labute approximate surface area is 98.9 Å². The van der Waals surface area contributed by atoms with E-state index in [-0.39, 0.29) is 0 Å². The Morgan fingerprint density at radius 3 is 2.62 bits per heavy atom. The lowest BCUT2D eigenvalue weighted by atomic mass is 10.1. The van der Waals surface area contributed by atoms with Crippen LogP contribution in [0, 0.1) is 13.8 Å². The van der Waals surface area contributed by atoms with Gasteiger partial charge in [0.25, 0.3) is 0 Å². The molecular formula is C12H14N2OS. The number of hydrogen-bond donors (Lipinski definition) is 1. The molecule has 16 heavy (non-hydrogen) atoms. The highest BCUT2D eigenvalue weighted by Crippen LogP contribution is 2.32. The van der Waals surface area contributed by atoms with Gasteiger partial charge in [0.05, 0.1) is 23.5 Å². The van der Waals surface area contributed by atoms with Gasteiger partial charge in [-0.1, -0.05) is 6.07 Å². The quantitative estimate of drug-likeness (QED) is 0.812. The molecule has 0 fully saturated rings. The van der Waals surface area contributed by atoms with Crippen molar-refractivity contribution in [2.75, 3.05) is 12.8 Å². The summed E-state index contributed by atoms with van der Waals surface area (Å²) in [4.78, 5) is 5.72. The van der Waals surface area contributed by atoms with Gasteiger partial charge in [0.2, 0.25) is 0 Å². The molecule has 0 saturated heterocycles. The standard InChI is InChI=1S/C12H14N2OS/c1-7-12(14-8(2)16-7)9-4-5-10(13)11(6-9)15-3/h4-6H,13H2,1-3H3. The van der Waals surface area contributed by atoms with Gasteiger partial charge in [0.15, 0.2) is 0 Å². The molecular weight excluding hydrogens is 220 g/mol. The number of nitrogens with two attached hydrogens (primary N) is 1. The van der Waals surface area contributed by atoms with Gasteiger partial charge in [-0.2, -0.15) is 0 Å². The highest BCUT2D eigenvalue weighted by atomic mass is 32.1. The summed E-state index contributed by atoms with van der Waals surface area (Å²) in [5.74, 6) is 0.697. The molecule has 1 aromatic heterocycles. The van der Waals surface area contributed by atoms with E-state index in [1.54, 1.807) is 18.4 Å². The average molecular weight is 234 g/mol. The van der Waals surface area contributed by atoms with E-state index in [9.17, 15) is 0 Å². The smallest absolute Gasteiger partial charge is 0.142 e. The number of nitrogen functional groups attached to an aromatic ring is 1. The lowest BCUT2D eigenvalue weighted by Gasteiger charge is -2.06. The molecule has 1 aromatic carbocycles. The van der Waals surface area contributed by atoms with Crippen LogP contribution in [0.25, 0.3) is 11.3 Å². The van der Waals surface area contributed by atoms with Gasteiger partial charge in [0.1, 0.15) is 5.75 Å². The van der Waals surface area contributed by atoms with Crippen molar-refractivity contribution in [2.45, 2.75) is 13.8 Å². The maximum Gasteiger partial charge on any atom is 0.142 e. The van der Waals surface area contributed by atoms with Crippen molar-refractivity contribution in [1.82, 2.24) is 4.98 Å². The third-order valence-corrected chi connectivity index (χ3v) is 3.30. The van der Waals surface area contributed by atoms with Crippen molar-refractivity contribution in [3.05, 3.63) is 28.1 Å². The number of anilines is 1. The highest BCUT2D eigenvalue weighted by molar-refractivity contribution is 7.11. The maximum absolute atomic E-state index is 5.78. The minimum Gasteiger partial charge on any atom is -0.495 e. The molecule has 0 spiro atoms. The number of thiazole rings is 1. The zero-order valence-electron chi connectivity index (χ0n) is 9.57. The normalized spacial score (nSPS) is 10.4. The summed E-state index contributed by atoms with van der Waals surface area (Å²) in [7, 11) is 1.62. The molecule has 4 heteroatoms. The fourth-order valence-corrected chi connectivity index (χ4v) is 2.50. The van der Waals surface area contributed by atoms with E-state index < -0.39 is 0 Å². The summed E-state index contributed by atoms with van der Waals surface area (Å²) < 4.78 is 5.20. The Morgan fingerprint density at radius 2 is 2.06 bits per heavy atom. The summed E-state index contributed by atoms with van der Waals surface area (Å²) in [5.41, 5.74) is 8.49. The second kappa shape index (κ2) is 4.14. The SMILES string of the molecule is COc1cc(-c2nc(C)sc2C)ccc1N. The number of ether oxygens (including phenoxy) is 1. The van der Waals surface area contributed by atoms with Crippen LogP contribution in [0.4, 0.5) is 5.69 Å². The van der Waals surface area contributed by atoms with E-state index in [1.807, 2.05) is 25.1 Å². The van der Waals surface area contributed by atoms with Gasteiger partial charge < -0.3 is 10.5 Å². The fraction of sp³-hybridized carbons (Fsp3) is 0.250. The molecule has 0 unspecified atom stereocenters. The zero-order valence-corrected chi connectivity index (χ0v) is 10.4. The first-order valence-corrected chi connectivity index (χ1v) is 5.81. The van der Waals surface area contributed by atoms with Crippen molar-refractivity contribution in [3.63, 3.8) is 0 Å². The van der Waals surface area contributed by atoms with Gasteiger partial charge in [-0.3, -0.25) is 0 Å². The molecule has 2 aromatic rings. The van der Waals surface area contributed by atoms with Crippen molar-refractivity contribution in [2.24, 2.45) is 0 Å². The Kier molecular flexibility index (Phi) is 2.83. The number of hydrogen-bond acceptors (Lipinski definition) is 4. The van der Waals surface area contributed by atoms with Gasteiger partial charge in [-0.25, -0.2) is 4.98 Å². The van der Waals surface area contributed by atoms with Crippen LogP contribution in [-0.4, -0.2) is 12.1 Å². The highest BCUT2D eigenvalue weighted by Gasteiger charge is 2.09. The van der Waals surface area contributed by atoms with Gasteiger partial charge in [-0.05, 0) is 26.0 Å². The second-order valence-corrected chi connectivity index (χ2v) is 5.00. The first-order valence-electron chi connectivity index (χ1n) is 4.99. The van der Waals surface area contributed by atoms with Crippen molar-refractivity contribution in [1.29, 1.82) is 0 Å². The predicted molar refractivity (Wildman–Crippen MR) is 68.0 cm³/mol. The Hall–Kier alpha value is -1.55. The minimum atomic E-state index is 0.649. The molecule has 2 N–H and O–H groups in total. The Bertz CT molecular complexity index is 520. The average Bonchev–Trinajstić information content (AvgIpc) is 2.59. The zero-order chi connectivity index (χ0) is 11.7. The third kappa shape index (κ3) is 1.88. The van der Waals surface area contributed by atoms with Crippen molar-refractivity contribution < 1.29 is 4.74 Å². The van der Waals surface area contributed by atoms with Gasteiger partial charge in [-0.15, -0.1) is 11.3 Å². The van der Waals surface area contributed by atoms with Gasteiger partial charge in [0, 0.05) is 10.4 Å². The maximum atomic E-state index is 5.78. The predicted octanol–water partition coefficient (Wildman–Crippen LogP) is 3.02. The third-order valence-electron chi connectivity index (χ3n) is 2.41. The largest absolute Gasteiger partial charge is 0.495 e. The molecule has 0 bridgehead atoms. The van der Waals surface area contributed by atoms with Crippen LogP contribution in [0.1, 0.15) is 9.88 Å². The fourth-order valence-electron chi connectivity index (χ4n) is 1.66. The molecule has 0 aliphatic carbocycles. The van der Waals surface area contributed by atoms with E-state index in [2.05, 4.69) is 11.9 Å². The second-order valence-electron chi connectivity index (χ2n) is 3.59. The number of nitrogens with zero attached hydrogens (tertiary/aromatic N) is 1. The molecule has 2 rings (SSSR count). The number of rotatable bonds is 2.